The number of anilines is 1. The molecule has 1 N–H and O–H groups in total. The standard InChI is InChI=1S/C18H15ClN4/c1-12-5-7-13(8-6-12)16-10-17(14-3-2-4-15(19)9-14)23-18(22-16)20-11-21-23/h2-11,17H,1H3,(H,20,21,22). The molecule has 0 saturated carbocycles. The average molecular weight is 323 g/mol. The highest BCUT2D eigenvalue weighted by Crippen LogP contribution is 2.32. The maximum atomic E-state index is 6.15. The SMILES string of the molecule is Cc1ccc(C2=CC(c3cccc(Cl)c3)n3ncnc3N2)cc1. The summed E-state index contributed by atoms with van der Waals surface area (Å²) in [6.45, 7) is 2.08. The number of fused-ring (bicyclic) bond motifs is 1. The third-order valence-corrected chi connectivity index (χ3v) is 4.20. The van der Waals surface area contributed by atoms with Crippen LogP contribution >= 0.6 is 11.6 Å². The van der Waals surface area contributed by atoms with Gasteiger partial charge in [-0.1, -0.05) is 53.6 Å². The van der Waals surface area contributed by atoms with E-state index in [1.807, 2.05) is 22.9 Å². The van der Waals surface area contributed by atoms with Crippen LogP contribution in [0.2, 0.25) is 5.02 Å². The molecule has 2 aromatic carbocycles. The lowest BCUT2D eigenvalue weighted by molar-refractivity contribution is 0.612. The zero-order valence-corrected chi connectivity index (χ0v) is 13.3. The van der Waals surface area contributed by atoms with Crippen molar-refractivity contribution in [3.63, 3.8) is 0 Å². The fraction of sp³-hybridized carbons (Fsp3) is 0.111. The molecule has 114 valence electrons. The topological polar surface area (TPSA) is 42.7 Å². The highest BCUT2D eigenvalue weighted by Gasteiger charge is 2.23. The Morgan fingerprint density at radius 1 is 1.13 bits per heavy atom. The van der Waals surface area contributed by atoms with E-state index >= 15 is 0 Å². The monoisotopic (exact) mass is 322 g/mol. The van der Waals surface area contributed by atoms with Gasteiger partial charge < -0.3 is 5.32 Å². The van der Waals surface area contributed by atoms with Crippen LogP contribution in [-0.4, -0.2) is 14.8 Å². The highest BCUT2D eigenvalue weighted by atomic mass is 35.5. The third-order valence-electron chi connectivity index (χ3n) is 3.96. The van der Waals surface area contributed by atoms with E-state index in [0.29, 0.717) is 5.02 Å². The number of allylic oxidation sites excluding steroid dienone is 1. The van der Waals surface area contributed by atoms with Gasteiger partial charge in [0.25, 0.3) is 0 Å². The van der Waals surface area contributed by atoms with Crippen LogP contribution in [0.15, 0.2) is 60.9 Å². The van der Waals surface area contributed by atoms with Gasteiger partial charge in [-0.05, 0) is 36.3 Å². The van der Waals surface area contributed by atoms with E-state index < -0.39 is 0 Å². The van der Waals surface area contributed by atoms with Gasteiger partial charge >= 0.3 is 0 Å². The molecule has 0 amide bonds. The first-order chi connectivity index (χ1) is 11.2. The molecule has 1 aromatic heterocycles. The van der Waals surface area contributed by atoms with Crippen molar-refractivity contribution in [3.05, 3.63) is 82.6 Å². The molecular weight excluding hydrogens is 308 g/mol. The second-order valence-electron chi connectivity index (χ2n) is 5.60. The number of aryl methyl sites for hydroxylation is 1. The van der Waals surface area contributed by atoms with Crippen molar-refractivity contribution in [2.75, 3.05) is 5.32 Å². The molecule has 1 atom stereocenters. The lowest BCUT2D eigenvalue weighted by Gasteiger charge is -2.24. The van der Waals surface area contributed by atoms with Crippen molar-refractivity contribution in [2.45, 2.75) is 13.0 Å². The number of nitrogens with zero attached hydrogens (tertiary/aromatic N) is 3. The minimum Gasteiger partial charge on any atom is -0.324 e. The first-order valence-electron chi connectivity index (χ1n) is 7.41. The molecule has 1 aliphatic rings. The van der Waals surface area contributed by atoms with Crippen molar-refractivity contribution in [3.8, 4) is 0 Å². The van der Waals surface area contributed by atoms with Crippen molar-refractivity contribution in [2.24, 2.45) is 0 Å². The van der Waals surface area contributed by atoms with E-state index in [2.05, 4.69) is 58.7 Å². The van der Waals surface area contributed by atoms with Crippen LogP contribution in [0.3, 0.4) is 0 Å². The number of rotatable bonds is 2. The lowest BCUT2D eigenvalue weighted by atomic mass is 10.0. The number of nitrogens with one attached hydrogen (secondary N) is 1. The Balaban J connectivity index is 1.81. The molecule has 0 spiro atoms. The number of aromatic nitrogens is 3. The number of hydrogen-bond acceptors (Lipinski definition) is 3. The Kier molecular flexibility index (Phi) is 3.39. The normalized spacial score (nSPS) is 16.4. The smallest absolute Gasteiger partial charge is 0.226 e. The second kappa shape index (κ2) is 5.56. The molecule has 4 nitrogen and oxygen atoms in total. The molecule has 1 unspecified atom stereocenters. The van der Waals surface area contributed by atoms with Gasteiger partial charge in [0, 0.05) is 10.7 Å². The predicted molar refractivity (Wildman–Crippen MR) is 92.4 cm³/mol. The minimum absolute atomic E-state index is 0.0382. The van der Waals surface area contributed by atoms with Crippen LogP contribution in [0.5, 0.6) is 0 Å². The molecule has 0 bridgehead atoms. The van der Waals surface area contributed by atoms with E-state index in [1.54, 1.807) is 6.33 Å². The predicted octanol–water partition coefficient (Wildman–Crippen LogP) is 4.30. The minimum atomic E-state index is -0.0382. The summed E-state index contributed by atoms with van der Waals surface area (Å²) in [5, 5.41) is 8.40. The van der Waals surface area contributed by atoms with Crippen molar-refractivity contribution >= 4 is 23.2 Å². The van der Waals surface area contributed by atoms with Crippen LogP contribution in [0.1, 0.15) is 22.7 Å². The van der Waals surface area contributed by atoms with Gasteiger partial charge in [-0.15, -0.1) is 0 Å². The summed E-state index contributed by atoms with van der Waals surface area (Å²) in [7, 11) is 0. The Labute approximate surface area is 139 Å². The molecule has 23 heavy (non-hydrogen) atoms. The van der Waals surface area contributed by atoms with Crippen molar-refractivity contribution in [1.82, 2.24) is 14.8 Å². The summed E-state index contributed by atoms with van der Waals surface area (Å²) < 4.78 is 1.86. The van der Waals surface area contributed by atoms with Crippen molar-refractivity contribution in [1.29, 1.82) is 0 Å². The van der Waals surface area contributed by atoms with Crippen LogP contribution in [0.25, 0.3) is 5.70 Å². The van der Waals surface area contributed by atoms with Crippen LogP contribution in [0.4, 0.5) is 5.95 Å². The molecular formula is C18H15ClN4. The van der Waals surface area contributed by atoms with Gasteiger partial charge in [0.2, 0.25) is 5.95 Å². The van der Waals surface area contributed by atoms with Gasteiger partial charge in [0.05, 0.1) is 0 Å². The maximum absolute atomic E-state index is 6.15. The van der Waals surface area contributed by atoms with E-state index in [0.717, 1.165) is 22.8 Å². The zero-order valence-electron chi connectivity index (χ0n) is 12.6. The zero-order chi connectivity index (χ0) is 15.8. The molecule has 1 aliphatic heterocycles. The molecule has 2 heterocycles. The first-order valence-corrected chi connectivity index (χ1v) is 7.79. The maximum Gasteiger partial charge on any atom is 0.226 e. The fourth-order valence-electron chi connectivity index (χ4n) is 2.76. The Morgan fingerprint density at radius 2 is 1.96 bits per heavy atom. The van der Waals surface area contributed by atoms with Gasteiger partial charge in [0.1, 0.15) is 12.4 Å². The van der Waals surface area contributed by atoms with Gasteiger partial charge in [0.15, 0.2) is 0 Å². The van der Waals surface area contributed by atoms with Gasteiger partial charge in [-0.2, -0.15) is 10.1 Å². The van der Waals surface area contributed by atoms with E-state index in [1.165, 1.54) is 5.56 Å². The van der Waals surface area contributed by atoms with Crippen LogP contribution < -0.4 is 5.32 Å². The van der Waals surface area contributed by atoms with Crippen LogP contribution in [-0.2, 0) is 0 Å². The lowest BCUT2D eigenvalue weighted by Crippen LogP contribution is -2.20. The summed E-state index contributed by atoms with van der Waals surface area (Å²) in [5.74, 6) is 0.730. The molecule has 0 fully saturated rings. The molecule has 5 heteroatoms. The van der Waals surface area contributed by atoms with Crippen molar-refractivity contribution < 1.29 is 0 Å². The number of hydrogen-bond donors (Lipinski definition) is 1. The summed E-state index contributed by atoms with van der Waals surface area (Å²) in [4.78, 5) is 4.32. The molecule has 0 radical (unpaired) electrons. The first kappa shape index (κ1) is 14.0. The van der Waals surface area contributed by atoms with E-state index in [4.69, 9.17) is 11.6 Å². The molecule has 4 rings (SSSR count). The van der Waals surface area contributed by atoms with Gasteiger partial charge in [-0.3, -0.25) is 0 Å². The van der Waals surface area contributed by atoms with Crippen LogP contribution in [0, 0.1) is 6.92 Å². The summed E-state index contributed by atoms with van der Waals surface area (Å²) in [5.41, 5.74) is 4.46. The van der Waals surface area contributed by atoms with E-state index in [9.17, 15) is 0 Å². The summed E-state index contributed by atoms with van der Waals surface area (Å²) >= 11 is 6.15. The number of halogens is 1. The average Bonchev–Trinajstić information content (AvgIpc) is 3.03. The van der Waals surface area contributed by atoms with Gasteiger partial charge in [-0.25, -0.2) is 4.68 Å². The third kappa shape index (κ3) is 2.62. The summed E-state index contributed by atoms with van der Waals surface area (Å²) in [6.07, 6.45) is 3.71. The Morgan fingerprint density at radius 3 is 2.74 bits per heavy atom. The Hall–Kier alpha value is -2.59. The highest BCUT2D eigenvalue weighted by molar-refractivity contribution is 6.30. The quantitative estimate of drug-likeness (QED) is 0.765. The molecule has 0 aliphatic carbocycles. The molecule has 3 aromatic rings. The summed E-state index contributed by atoms with van der Waals surface area (Å²) in [6, 6.07) is 16.2. The Bertz CT molecular complexity index is 880. The second-order valence-corrected chi connectivity index (χ2v) is 6.04. The number of benzene rings is 2. The largest absolute Gasteiger partial charge is 0.324 e. The van der Waals surface area contributed by atoms with E-state index in [-0.39, 0.29) is 6.04 Å². The molecule has 0 saturated heterocycles. The fourth-order valence-corrected chi connectivity index (χ4v) is 2.96.